The Kier molecular flexibility index (Phi) is 3.65. The van der Waals surface area contributed by atoms with E-state index in [0.717, 1.165) is 37.3 Å². The molecule has 0 saturated heterocycles. The second-order valence-corrected chi connectivity index (χ2v) is 6.24. The lowest BCUT2D eigenvalue weighted by atomic mass is 10.1. The van der Waals surface area contributed by atoms with Crippen molar-refractivity contribution in [3.63, 3.8) is 0 Å². The fourth-order valence-corrected chi connectivity index (χ4v) is 3.46. The summed E-state index contributed by atoms with van der Waals surface area (Å²) in [5.74, 6) is 1.67. The number of nitrogens with zero attached hydrogens (tertiary/aromatic N) is 3. The van der Waals surface area contributed by atoms with Crippen LogP contribution >= 0.6 is 0 Å². The first-order valence-corrected chi connectivity index (χ1v) is 8.22. The number of fused-ring (bicyclic) bond motifs is 3. The first kappa shape index (κ1) is 14.4. The van der Waals surface area contributed by atoms with Gasteiger partial charge in [0.1, 0.15) is 11.6 Å². The highest BCUT2D eigenvalue weighted by Crippen LogP contribution is 2.27. The summed E-state index contributed by atoms with van der Waals surface area (Å²) >= 11 is 0. The van der Waals surface area contributed by atoms with Gasteiger partial charge in [-0.3, -0.25) is 4.79 Å². The van der Waals surface area contributed by atoms with Crippen molar-refractivity contribution in [1.82, 2.24) is 14.6 Å². The molecule has 0 amide bonds. The molecule has 2 atom stereocenters. The van der Waals surface area contributed by atoms with E-state index in [-0.39, 0.29) is 11.9 Å². The van der Waals surface area contributed by atoms with E-state index >= 15 is 0 Å². The van der Waals surface area contributed by atoms with Crippen molar-refractivity contribution in [2.75, 3.05) is 24.3 Å². The minimum Gasteiger partial charge on any atom is -0.378 e. The van der Waals surface area contributed by atoms with E-state index in [4.69, 9.17) is 4.74 Å². The summed E-state index contributed by atoms with van der Waals surface area (Å²) in [6.07, 6.45) is 6.24. The van der Waals surface area contributed by atoms with Crippen LogP contribution in [0.1, 0.15) is 42.5 Å². The quantitative estimate of drug-likeness (QED) is 0.839. The molecule has 4 bridgehead atoms. The van der Waals surface area contributed by atoms with Crippen molar-refractivity contribution >= 4 is 23.1 Å². The Morgan fingerprint density at radius 2 is 2.35 bits per heavy atom. The molecule has 2 unspecified atom stereocenters. The van der Waals surface area contributed by atoms with Gasteiger partial charge < -0.3 is 15.4 Å². The minimum atomic E-state index is 0.0692. The second-order valence-electron chi connectivity index (χ2n) is 6.24. The highest BCUT2D eigenvalue weighted by Gasteiger charge is 2.26. The van der Waals surface area contributed by atoms with Crippen LogP contribution in [0.15, 0.2) is 12.3 Å². The molecule has 2 N–H and O–H groups in total. The molecule has 1 fully saturated rings. The fourth-order valence-electron chi connectivity index (χ4n) is 3.46. The summed E-state index contributed by atoms with van der Waals surface area (Å²) in [7, 11) is 1.84. The molecule has 0 radical (unpaired) electrons. The molecule has 1 aliphatic carbocycles. The minimum absolute atomic E-state index is 0.0692. The van der Waals surface area contributed by atoms with Gasteiger partial charge in [0, 0.05) is 32.2 Å². The van der Waals surface area contributed by atoms with E-state index in [1.165, 1.54) is 0 Å². The maximum Gasteiger partial charge on any atom is 0.170 e. The summed E-state index contributed by atoms with van der Waals surface area (Å²) in [4.78, 5) is 17.1. The van der Waals surface area contributed by atoms with Gasteiger partial charge in [0.25, 0.3) is 0 Å². The number of anilines is 2. The van der Waals surface area contributed by atoms with Crippen molar-refractivity contribution < 1.29 is 9.53 Å². The van der Waals surface area contributed by atoms with Crippen LogP contribution in [0.3, 0.4) is 0 Å². The van der Waals surface area contributed by atoms with E-state index in [9.17, 15) is 4.79 Å². The summed E-state index contributed by atoms with van der Waals surface area (Å²) in [5.41, 5.74) is 1.19. The Bertz CT molecular complexity index is 741. The van der Waals surface area contributed by atoms with Gasteiger partial charge in [0.15, 0.2) is 11.4 Å². The van der Waals surface area contributed by atoms with Gasteiger partial charge in [-0.1, -0.05) is 0 Å². The lowest BCUT2D eigenvalue weighted by molar-refractivity contribution is 0.0541. The molecule has 1 aliphatic heterocycles. The number of hydrogen-bond donors (Lipinski definition) is 2. The van der Waals surface area contributed by atoms with Crippen LogP contribution in [0, 0.1) is 0 Å². The van der Waals surface area contributed by atoms with Gasteiger partial charge >= 0.3 is 0 Å². The average Bonchev–Trinajstić information content (AvgIpc) is 3.17. The number of carbonyl (C=O) groups excluding carboxylic acids is 1. The first-order chi connectivity index (χ1) is 11.2. The number of ketones is 1. The van der Waals surface area contributed by atoms with Crippen LogP contribution in [-0.4, -0.2) is 46.2 Å². The monoisotopic (exact) mass is 315 g/mol. The number of rotatable bonds is 1. The van der Waals surface area contributed by atoms with E-state index in [1.54, 1.807) is 10.7 Å². The van der Waals surface area contributed by atoms with E-state index in [1.807, 2.05) is 13.1 Å². The molecule has 3 heterocycles. The summed E-state index contributed by atoms with van der Waals surface area (Å²) in [6, 6.07) is 2.30. The SMILES string of the molecule is CNc1cc2nc3c(cnn13)C(=O)CCCOC1CCC(C1)N2. The normalized spacial score (nSPS) is 24.8. The molecule has 7 heteroatoms. The van der Waals surface area contributed by atoms with Crippen LogP contribution in [-0.2, 0) is 4.74 Å². The molecule has 2 aromatic heterocycles. The number of aromatic nitrogens is 3. The third-order valence-corrected chi connectivity index (χ3v) is 4.67. The van der Waals surface area contributed by atoms with Crippen molar-refractivity contribution in [2.45, 2.75) is 44.2 Å². The number of Topliss-reactive ketones (excluding diaryl/α,β-unsaturated/α-hetero) is 1. The molecule has 0 aromatic carbocycles. The molecule has 4 rings (SSSR count). The maximum absolute atomic E-state index is 12.5. The number of ether oxygens (including phenoxy) is 1. The predicted octanol–water partition coefficient (Wildman–Crippen LogP) is 2.10. The molecule has 2 aliphatic rings. The highest BCUT2D eigenvalue weighted by molar-refractivity contribution is 6.01. The Morgan fingerprint density at radius 3 is 3.22 bits per heavy atom. The third-order valence-electron chi connectivity index (χ3n) is 4.67. The van der Waals surface area contributed by atoms with Crippen LogP contribution in [0.25, 0.3) is 5.65 Å². The van der Waals surface area contributed by atoms with Gasteiger partial charge in [-0.2, -0.15) is 9.61 Å². The summed E-state index contributed by atoms with van der Waals surface area (Å²) in [5, 5.41) is 10.9. The number of carbonyl (C=O) groups is 1. The zero-order chi connectivity index (χ0) is 15.8. The summed E-state index contributed by atoms with van der Waals surface area (Å²) in [6.45, 7) is 0.639. The average molecular weight is 315 g/mol. The van der Waals surface area contributed by atoms with Crippen molar-refractivity contribution in [1.29, 1.82) is 0 Å². The molecule has 23 heavy (non-hydrogen) atoms. The molecular weight excluding hydrogens is 294 g/mol. The van der Waals surface area contributed by atoms with Crippen molar-refractivity contribution in [3.8, 4) is 0 Å². The Hall–Kier alpha value is -2.15. The molecule has 1 saturated carbocycles. The van der Waals surface area contributed by atoms with E-state index in [0.29, 0.717) is 30.3 Å². The summed E-state index contributed by atoms with van der Waals surface area (Å²) < 4.78 is 7.59. The molecular formula is C16H21N5O2. The number of hydrogen-bond acceptors (Lipinski definition) is 6. The van der Waals surface area contributed by atoms with Crippen LogP contribution in [0.4, 0.5) is 11.6 Å². The first-order valence-electron chi connectivity index (χ1n) is 8.22. The largest absolute Gasteiger partial charge is 0.378 e. The van der Waals surface area contributed by atoms with Gasteiger partial charge in [0.05, 0.1) is 17.9 Å². The predicted molar refractivity (Wildman–Crippen MR) is 87.1 cm³/mol. The third kappa shape index (κ3) is 2.65. The van der Waals surface area contributed by atoms with Gasteiger partial charge in [-0.05, 0) is 25.7 Å². The van der Waals surface area contributed by atoms with E-state index in [2.05, 4.69) is 20.7 Å². The van der Waals surface area contributed by atoms with Crippen LogP contribution < -0.4 is 10.6 Å². The maximum atomic E-state index is 12.5. The smallest absolute Gasteiger partial charge is 0.170 e. The van der Waals surface area contributed by atoms with Gasteiger partial charge in [0.2, 0.25) is 0 Å². The zero-order valence-electron chi connectivity index (χ0n) is 13.2. The lowest BCUT2D eigenvalue weighted by Gasteiger charge is -2.15. The molecule has 0 spiro atoms. The van der Waals surface area contributed by atoms with Crippen molar-refractivity contribution in [2.24, 2.45) is 0 Å². The molecule has 2 aromatic rings. The molecule has 7 nitrogen and oxygen atoms in total. The Morgan fingerprint density at radius 1 is 1.43 bits per heavy atom. The topological polar surface area (TPSA) is 80.5 Å². The van der Waals surface area contributed by atoms with Crippen LogP contribution in [0.5, 0.6) is 0 Å². The van der Waals surface area contributed by atoms with Crippen molar-refractivity contribution in [3.05, 3.63) is 17.8 Å². The number of nitrogens with one attached hydrogen (secondary N) is 2. The van der Waals surface area contributed by atoms with Gasteiger partial charge in [-0.25, -0.2) is 4.98 Å². The standard InChI is InChI=1S/C16H21N5O2/c1-17-15-8-14-19-10-4-5-11(7-10)23-6-2-3-13(22)12-9-18-21(15)16(12)20-14/h8-11,17H,2-7H2,1H3,(H,19,20). The Balaban J connectivity index is 1.79. The zero-order valence-corrected chi connectivity index (χ0v) is 13.2. The van der Waals surface area contributed by atoms with E-state index < -0.39 is 0 Å². The highest BCUT2D eigenvalue weighted by atomic mass is 16.5. The fraction of sp³-hybridized carbons (Fsp3) is 0.562. The lowest BCUT2D eigenvalue weighted by Crippen LogP contribution is -2.19. The second kappa shape index (κ2) is 5.81. The Labute approximate surface area is 134 Å². The van der Waals surface area contributed by atoms with Crippen LogP contribution in [0.2, 0.25) is 0 Å². The van der Waals surface area contributed by atoms with Gasteiger partial charge in [-0.15, -0.1) is 0 Å². The molecule has 122 valence electrons.